The molecule has 1 amide bonds. The fourth-order valence-electron chi connectivity index (χ4n) is 2.96. The molecular weight excluding hydrogens is 368 g/mol. The van der Waals surface area contributed by atoms with Gasteiger partial charge in [0.15, 0.2) is 5.58 Å². The molecule has 0 spiro atoms. The molecule has 0 saturated carbocycles. The molecule has 24 heavy (non-hydrogen) atoms. The largest absolute Gasteiger partial charge is 0.454 e. The van der Waals surface area contributed by atoms with E-state index in [2.05, 4.69) is 21.2 Å². The second-order valence-corrected chi connectivity index (χ2v) is 6.53. The highest BCUT2D eigenvalue weighted by molar-refractivity contribution is 9.10. The third-order valence-electron chi connectivity index (χ3n) is 4.19. The van der Waals surface area contributed by atoms with E-state index in [-0.39, 0.29) is 5.91 Å². The molecule has 5 heteroatoms. The van der Waals surface area contributed by atoms with Crippen molar-refractivity contribution >= 4 is 43.9 Å². The van der Waals surface area contributed by atoms with Gasteiger partial charge in [0, 0.05) is 29.5 Å². The molecule has 0 bridgehead atoms. The highest BCUT2D eigenvalue weighted by atomic mass is 79.9. The van der Waals surface area contributed by atoms with Crippen molar-refractivity contribution in [3.63, 3.8) is 0 Å². The highest BCUT2D eigenvalue weighted by Crippen LogP contribution is 2.30. The van der Waals surface area contributed by atoms with Gasteiger partial charge in [0.25, 0.3) is 5.91 Å². The zero-order chi connectivity index (χ0) is 16.7. The molecule has 0 aliphatic carbocycles. The molecule has 1 N–H and O–H groups in total. The Balaban J connectivity index is 1.65. The lowest BCUT2D eigenvalue weighted by Crippen LogP contribution is -2.25. The number of hydrogen-bond acceptors (Lipinski definition) is 2. The van der Waals surface area contributed by atoms with Crippen LogP contribution in [0.4, 0.5) is 0 Å². The van der Waals surface area contributed by atoms with Crippen LogP contribution in [0.3, 0.4) is 0 Å². The number of rotatable bonds is 3. The molecule has 120 valence electrons. The average molecular weight is 383 g/mol. The third-order valence-corrected chi connectivity index (χ3v) is 4.96. The van der Waals surface area contributed by atoms with Gasteiger partial charge in [0.1, 0.15) is 11.3 Å². The number of carbonyl (C=O) groups is 1. The molecule has 2 heterocycles. The number of halogens is 1. The number of nitrogens with one attached hydrogen (secondary N) is 1. The number of furan rings is 1. The summed E-state index contributed by atoms with van der Waals surface area (Å²) < 4.78 is 8.71. The molecular formula is C19H15BrN2O2. The van der Waals surface area contributed by atoms with Crippen molar-refractivity contribution < 1.29 is 9.21 Å². The van der Waals surface area contributed by atoms with E-state index in [0.717, 1.165) is 32.1 Å². The van der Waals surface area contributed by atoms with E-state index < -0.39 is 0 Å². The number of aromatic nitrogens is 1. The normalized spacial score (nSPS) is 11.2. The lowest BCUT2D eigenvalue weighted by atomic mass is 10.2. The van der Waals surface area contributed by atoms with Crippen molar-refractivity contribution in [2.45, 2.75) is 6.54 Å². The van der Waals surface area contributed by atoms with Crippen LogP contribution in [0, 0.1) is 0 Å². The van der Waals surface area contributed by atoms with Crippen molar-refractivity contribution in [1.29, 1.82) is 0 Å². The molecule has 0 radical (unpaired) electrons. The molecule has 0 saturated heterocycles. The van der Waals surface area contributed by atoms with Crippen molar-refractivity contribution in [2.24, 2.45) is 7.05 Å². The molecule has 2 aromatic heterocycles. The standard InChI is InChI=1S/C19H15BrN2O2/c1-22-15(19(23)21-11-12-6-2-4-8-14(12)20)10-17-18(22)13-7-3-5-9-16(13)24-17/h2-10H,11H2,1H3,(H,21,23). The number of amides is 1. The summed E-state index contributed by atoms with van der Waals surface area (Å²) in [6, 6.07) is 17.5. The van der Waals surface area contributed by atoms with E-state index in [0.29, 0.717) is 12.2 Å². The van der Waals surface area contributed by atoms with E-state index in [9.17, 15) is 4.79 Å². The van der Waals surface area contributed by atoms with Gasteiger partial charge < -0.3 is 14.3 Å². The first-order valence-corrected chi connectivity index (χ1v) is 8.43. The van der Waals surface area contributed by atoms with Gasteiger partial charge in [0.2, 0.25) is 0 Å². The lowest BCUT2D eigenvalue weighted by Gasteiger charge is -2.08. The Labute approximate surface area is 147 Å². The van der Waals surface area contributed by atoms with Crippen LogP contribution in [-0.2, 0) is 13.6 Å². The topological polar surface area (TPSA) is 47.2 Å². The first-order valence-electron chi connectivity index (χ1n) is 7.63. The highest BCUT2D eigenvalue weighted by Gasteiger charge is 2.18. The van der Waals surface area contributed by atoms with Crippen LogP contribution in [0.2, 0.25) is 0 Å². The van der Waals surface area contributed by atoms with Crippen molar-refractivity contribution in [3.8, 4) is 0 Å². The summed E-state index contributed by atoms with van der Waals surface area (Å²) in [5, 5.41) is 3.98. The second-order valence-electron chi connectivity index (χ2n) is 5.67. The fourth-order valence-corrected chi connectivity index (χ4v) is 3.39. The molecule has 0 fully saturated rings. The van der Waals surface area contributed by atoms with Gasteiger partial charge in [-0.05, 0) is 23.8 Å². The molecule has 0 atom stereocenters. The minimum Gasteiger partial charge on any atom is -0.454 e. The molecule has 2 aromatic carbocycles. The maximum atomic E-state index is 12.6. The zero-order valence-corrected chi connectivity index (χ0v) is 14.6. The van der Waals surface area contributed by atoms with Crippen LogP contribution >= 0.6 is 15.9 Å². The van der Waals surface area contributed by atoms with Gasteiger partial charge in [-0.2, -0.15) is 0 Å². The van der Waals surface area contributed by atoms with E-state index in [1.165, 1.54) is 0 Å². The van der Waals surface area contributed by atoms with Gasteiger partial charge in [-0.1, -0.05) is 46.3 Å². The number of nitrogens with zero attached hydrogens (tertiary/aromatic N) is 1. The first kappa shape index (κ1) is 15.0. The third kappa shape index (κ3) is 2.41. The summed E-state index contributed by atoms with van der Waals surface area (Å²) in [6.45, 7) is 0.466. The number of benzene rings is 2. The fraction of sp³-hybridized carbons (Fsp3) is 0.105. The van der Waals surface area contributed by atoms with Gasteiger partial charge in [-0.3, -0.25) is 4.79 Å². The smallest absolute Gasteiger partial charge is 0.268 e. The van der Waals surface area contributed by atoms with Gasteiger partial charge in [-0.15, -0.1) is 0 Å². The molecule has 4 aromatic rings. The van der Waals surface area contributed by atoms with Crippen LogP contribution in [0.5, 0.6) is 0 Å². The Morgan fingerprint density at radius 3 is 2.71 bits per heavy atom. The van der Waals surface area contributed by atoms with Crippen LogP contribution in [0.15, 0.2) is 63.5 Å². The first-order chi connectivity index (χ1) is 11.6. The Morgan fingerprint density at radius 2 is 1.88 bits per heavy atom. The monoisotopic (exact) mass is 382 g/mol. The number of carbonyl (C=O) groups excluding carboxylic acids is 1. The van der Waals surface area contributed by atoms with Crippen LogP contribution in [0.25, 0.3) is 22.1 Å². The number of hydrogen-bond donors (Lipinski definition) is 1. The van der Waals surface area contributed by atoms with E-state index >= 15 is 0 Å². The zero-order valence-electron chi connectivity index (χ0n) is 13.0. The van der Waals surface area contributed by atoms with Crippen LogP contribution in [0.1, 0.15) is 16.1 Å². The Bertz CT molecular complexity index is 1060. The maximum absolute atomic E-state index is 12.6. The van der Waals surface area contributed by atoms with Gasteiger partial charge in [0.05, 0.1) is 5.52 Å². The Morgan fingerprint density at radius 1 is 1.12 bits per heavy atom. The van der Waals surface area contributed by atoms with E-state index in [1.807, 2.05) is 60.1 Å². The van der Waals surface area contributed by atoms with E-state index in [1.54, 1.807) is 6.07 Å². The summed E-state index contributed by atoms with van der Waals surface area (Å²) in [5.41, 5.74) is 4.12. The Hall–Kier alpha value is -2.53. The molecule has 4 rings (SSSR count). The molecule has 4 nitrogen and oxygen atoms in total. The second kappa shape index (κ2) is 5.83. The minimum atomic E-state index is -0.122. The van der Waals surface area contributed by atoms with Crippen LogP contribution in [-0.4, -0.2) is 10.5 Å². The van der Waals surface area contributed by atoms with Gasteiger partial charge in [-0.25, -0.2) is 0 Å². The summed E-state index contributed by atoms with van der Waals surface area (Å²) in [7, 11) is 1.89. The van der Waals surface area contributed by atoms with Crippen molar-refractivity contribution in [1.82, 2.24) is 9.88 Å². The summed E-state index contributed by atoms with van der Waals surface area (Å²) in [4.78, 5) is 12.6. The SMILES string of the molecule is Cn1c(C(=O)NCc2ccccc2Br)cc2oc3ccccc3c21. The number of para-hydroxylation sites is 1. The van der Waals surface area contributed by atoms with Crippen molar-refractivity contribution in [2.75, 3.05) is 0 Å². The number of fused-ring (bicyclic) bond motifs is 3. The predicted octanol–water partition coefficient (Wildman–Crippen LogP) is 4.62. The average Bonchev–Trinajstić information content (AvgIpc) is 3.11. The minimum absolute atomic E-state index is 0.122. The quantitative estimate of drug-likeness (QED) is 0.561. The van der Waals surface area contributed by atoms with Crippen molar-refractivity contribution in [3.05, 3.63) is 70.3 Å². The number of aryl methyl sites for hydroxylation is 1. The molecule has 0 aliphatic heterocycles. The molecule has 0 aliphatic rings. The predicted molar refractivity (Wildman–Crippen MR) is 98.0 cm³/mol. The summed E-state index contributed by atoms with van der Waals surface area (Å²) in [5.74, 6) is -0.122. The molecule has 0 unspecified atom stereocenters. The Kier molecular flexibility index (Phi) is 3.65. The van der Waals surface area contributed by atoms with Crippen LogP contribution < -0.4 is 5.32 Å². The lowest BCUT2D eigenvalue weighted by molar-refractivity contribution is 0.0943. The van der Waals surface area contributed by atoms with E-state index in [4.69, 9.17) is 4.42 Å². The summed E-state index contributed by atoms with van der Waals surface area (Å²) in [6.07, 6.45) is 0. The maximum Gasteiger partial charge on any atom is 0.268 e. The van der Waals surface area contributed by atoms with Gasteiger partial charge >= 0.3 is 0 Å². The summed E-state index contributed by atoms with van der Waals surface area (Å²) >= 11 is 3.49.